The second-order valence-electron chi connectivity index (χ2n) is 2.16. The van der Waals surface area contributed by atoms with E-state index < -0.39 is 11.0 Å². The first-order valence-corrected chi connectivity index (χ1v) is 3.64. The summed E-state index contributed by atoms with van der Waals surface area (Å²) < 4.78 is 13.8. The van der Waals surface area contributed by atoms with Crippen molar-refractivity contribution in [3.05, 3.63) is 15.7 Å². The Labute approximate surface area is 61.3 Å². The highest BCUT2D eigenvalue weighted by Gasteiger charge is 2.07. The Balaban J connectivity index is 3.15. The Morgan fingerprint density at radius 3 is 2.50 bits per heavy atom. The highest BCUT2D eigenvalue weighted by Crippen LogP contribution is 2.07. The van der Waals surface area contributed by atoms with Crippen molar-refractivity contribution in [2.45, 2.75) is 19.9 Å². The van der Waals surface area contributed by atoms with Gasteiger partial charge in [0.15, 0.2) is 0 Å². The van der Waals surface area contributed by atoms with Crippen molar-refractivity contribution in [2.75, 3.05) is 0 Å². The van der Waals surface area contributed by atoms with Gasteiger partial charge in [-0.05, 0) is 13.8 Å². The number of halogens is 1. The molecule has 56 valence electrons. The number of hydrogen-bond acceptors (Lipinski definition) is 3. The first kappa shape index (κ1) is 7.40. The number of aromatic nitrogens is 2. The van der Waals surface area contributed by atoms with Crippen molar-refractivity contribution < 1.29 is 4.39 Å². The predicted molar refractivity (Wildman–Crippen MR) is 36.7 cm³/mol. The fourth-order valence-electron chi connectivity index (χ4n) is 0.585. The third kappa shape index (κ3) is 1.23. The van der Waals surface area contributed by atoms with E-state index in [1.165, 1.54) is 3.96 Å². The first-order chi connectivity index (χ1) is 4.61. The molecule has 0 aliphatic rings. The topological polar surface area (TPSA) is 34.9 Å². The summed E-state index contributed by atoms with van der Waals surface area (Å²) in [7, 11) is 0. The van der Waals surface area contributed by atoms with Gasteiger partial charge in [-0.3, -0.25) is 8.75 Å². The van der Waals surface area contributed by atoms with E-state index in [4.69, 9.17) is 0 Å². The Kier molecular flexibility index (Phi) is 1.85. The van der Waals surface area contributed by atoms with E-state index in [-0.39, 0.29) is 6.04 Å². The summed E-state index contributed by atoms with van der Waals surface area (Å²) in [5.41, 5.74) is 0. The van der Waals surface area contributed by atoms with Crippen LogP contribution >= 0.6 is 11.5 Å². The first-order valence-electron chi connectivity index (χ1n) is 2.86. The zero-order valence-electron chi connectivity index (χ0n) is 5.67. The molecule has 1 rings (SSSR count). The second-order valence-corrected chi connectivity index (χ2v) is 3.08. The fraction of sp³-hybridized carbons (Fsp3) is 0.600. The van der Waals surface area contributed by atoms with Crippen molar-refractivity contribution in [2.24, 2.45) is 0 Å². The Bertz CT molecular complexity index is 277. The summed E-state index contributed by atoms with van der Waals surface area (Å²) >= 11 is 0.797. The van der Waals surface area contributed by atoms with Crippen LogP contribution < -0.4 is 4.87 Å². The molecule has 0 N–H and O–H groups in total. The molecule has 0 radical (unpaired) electrons. The van der Waals surface area contributed by atoms with Gasteiger partial charge in [-0.15, -0.1) is 0 Å². The van der Waals surface area contributed by atoms with Gasteiger partial charge in [0.1, 0.15) is 0 Å². The van der Waals surface area contributed by atoms with E-state index in [1.54, 1.807) is 13.8 Å². The zero-order chi connectivity index (χ0) is 7.72. The minimum absolute atomic E-state index is 0.0276. The van der Waals surface area contributed by atoms with Crippen molar-refractivity contribution in [1.82, 2.24) is 8.94 Å². The molecule has 0 aliphatic heterocycles. The molecule has 1 aromatic rings. The van der Waals surface area contributed by atoms with Gasteiger partial charge in [0.2, 0.25) is 0 Å². The van der Waals surface area contributed by atoms with Crippen molar-refractivity contribution >= 4 is 11.5 Å². The van der Waals surface area contributed by atoms with Crippen molar-refractivity contribution in [3.8, 4) is 0 Å². The van der Waals surface area contributed by atoms with E-state index in [0.29, 0.717) is 0 Å². The summed E-state index contributed by atoms with van der Waals surface area (Å²) in [6.07, 6.45) is -0.690. The minimum atomic E-state index is -0.690. The van der Waals surface area contributed by atoms with E-state index in [1.807, 2.05) is 0 Å². The van der Waals surface area contributed by atoms with Crippen LogP contribution in [0.25, 0.3) is 0 Å². The number of nitrogens with zero attached hydrogens (tertiary/aromatic N) is 2. The molecule has 1 heterocycles. The molecule has 0 bridgehead atoms. The summed E-state index contributed by atoms with van der Waals surface area (Å²) in [4.78, 5) is 13.1. The number of rotatable bonds is 1. The van der Waals surface area contributed by atoms with Crippen LogP contribution in [0.15, 0.2) is 4.79 Å². The van der Waals surface area contributed by atoms with Crippen LogP contribution in [0.2, 0.25) is 0 Å². The Morgan fingerprint density at radius 2 is 2.30 bits per heavy atom. The van der Waals surface area contributed by atoms with Gasteiger partial charge in [-0.2, -0.15) is 9.37 Å². The molecule has 3 nitrogen and oxygen atoms in total. The molecule has 0 aliphatic carbocycles. The summed E-state index contributed by atoms with van der Waals surface area (Å²) in [5, 5.41) is 0. The van der Waals surface area contributed by atoms with E-state index in [2.05, 4.69) is 4.98 Å². The normalized spacial score (nSPS) is 10.8. The summed E-state index contributed by atoms with van der Waals surface area (Å²) in [6, 6.07) is -0.0276. The zero-order valence-corrected chi connectivity index (χ0v) is 6.48. The van der Waals surface area contributed by atoms with Gasteiger partial charge >= 0.3 is 11.0 Å². The van der Waals surface area contributed by atoms with E-state index in [0.717, 1.165) is 11.5 Å². The lowest BCUT2D eigenvalue weighted by Gasteiger charge is -2.02. The van der Waals surface area contributed by atoms with Crippen molar-refractivity contribution in [3.63, 3.8) is 0 Å². The van der Waals surface area contributed by atoms with Crippen LogP contribution in [0.1, 0.15) is 19.9 Å². The van der Waals surface area contributed by atoms with Crippen LogP contribution in [-0.4, -0.2) is 8.94 Å². The lowest BCUT2D eigenvalue weighted by atomic mass is 10.4. The molecule has 0 amide bonds. The van der Waals surface area contributed by atoms with E-state index in [9.17, 15) is 9.18 Å². The summed E-state index contributed by atoms with van der Waals surface area (Å²) in [6.45, 7) is 3.58. The molecule has 1 aromatic heterocycles. The smallest absolute Gasteiger partial charge is 0.253 e. The largest absolute Gasteiger partial charge is 0.346 e. The minimum Gasteiger partial charge on any atom is -0.253 e. The van der Waals surface area contributed by atoms with Crippen molar-refractivity contribution in [1.29, 1.82) is 0 Å². The molecule has 0 saturated heterocycles. The van der Waals surface area contributed by atoms with Gasteiger partial charge < -0.3 is 0 Å². The molecular weight excluding hydrogens is 155 g/mol. The van der Waals surface area contributed by atoms with Crippen LogP contribution in [-0.2, 0) is 0 Å². The molecule has 10 heavy (non-hydrogen) atoms. The van der Waals surface area contributed by atoms with Gasteiger partial charge in [-0.1, -0.05) is 0 Å². The molecule has 5 heteroatoms. The maximum Gasteiger partial charge on any atom is 0.346 e. The average Bonchev–Trinajstić information content (AvgIpc) is 2.10. The van der Waals surface area contributed by atoms with Gasteiger partial charge in [0.25, 0.3) is 0 Å². The molecule has 0 unspecified atom stereocenters. The summed E-state index contributed by atoms with van der Waals surface area (Å²) in [5.74, 6) is 0. The van der Waals surface area contributed by atoms with Crippen LogP contribution in [0.3, 0.4) is 0 Å². The van der Waals surface area contributed by atoms with Gasteiger partial charge in [0, 0.05) is 17.6 Å². The Hall–Kier alpha value is -0.710. The van der Waals surface area contributed by atoms with Gasteiger partial charge in [0.05, 0.1) is 0 Å². The maximum absolute atomic E-state index is 12.5. The monoisotopic (exact) mass is 162 g/mol. The molecular formula is C5H7FN2OS. The molecule has 0 saturated carbocycles. The maximum atomic E-state index is 12.5. The fourth-order valence-corrected chi connectivity index (χ4v) is 1.20. The van der Waals surface area contributed by atoms with E-state index >= 15 is 0 Å². The standard InChI is InChI=1S/C5H7FN2OS/c1-3(2)8-4(6)7-5(9)10-8/h3H,1-2H3. The third-order valence-electron chi connectivity index (χ3n) is 1.01. The van der Waals surface area contributed by atoms with Crippen LogP contribution in [0.5, 0.6) is 0 Å². The lowest BCUT2D eigenvalue weighted by molar-refractivity contribution is 0.454. The average molecular weight is 162 g/mol. The molecule has 0 aromatic carbocycles. The predicted octanol–water partition coefficient (Wildman–Crippen LogP) is 1.02. The molecule has 0 spiro atoms. The second kappa shape index (κ2) is 2.49. The number of hydrogen-bond donors (Lipinski definition) is 0. The highest BCUT2D eigenvalue weighted by molar-refractivity contribution is 7.03. The lowest BCUT2D eigenvalue weighted by Crippen LogP contribution is -1.99. The molecule has 0 fully saturated rings. The van der Waals surface area contributed by atoms with Crippen LogP contribution in [0.4, 0.5) is 4.39 Å². The van der Waals surface area contributed by atoms with Gasteiger partial charge in [-0.25, -0.2) is 0 Å². The molecule has 0 atom stereocenters. The highest BCUT2D eigenvalue weighted by atomic mass is 32.1. The third-order valence-corrected chi connectivity index (χ3v) is 2.03. The quantitative estimate of drug-likeness (QED) is 0.618. The van der Waals surface area contributed by atoms with Crippen LogP contribution in [0, 0.1) is 6.08 Å². The Morgan fingerprint density at radius 1 is 1.70 bits per heavy atom. The SMILES string of the molecule is CC(C)n1sc(=O)nc1F.